The van der Waals surface area contributed by atoms with Crippen LogP contribution in [0.5, 0.6) is 0 Å². The maximum absolute atomic E-state index is 12.3. The van der Waals surface area contributed by atoms with Gasteiger partial charge in [0.1, 0.15) is 18.6 Å². The molecule has 8 nitrogen and oxygen atoms in total. The van der Waals surface area contributed by atoms with Crippen molar-refractivity contribution in [1.82, 2.24) is 20.0 Å². The van der Waals surface area contributed by atoms with E-state index in [0.717, 1.165) is 4.90 Å². The van der Waals surface area contributed by atoms with Crippen LogP contribution in [0.25, 0.3) is 0 Å². The highest BCUT2D eigenvalue weighted by atomic mass is 16.2. The third kappa shape index (κ3) is 2.21. The highest BCUT2D eigenvalue weighted by Gasteiger charge is 2.43. The molecule has 20 heavy (non-hydrogen) atoms. The molecule has 2 rings (SSSR count). The predicted molar refractivity (Wildman–Crippen MR) is 68.5 cm³/mol. The Morgan fingerprint density at radius 3 is 2.50 bits per heavy atom. The molecule has 5 amide bonds. The highest BCUT2D eigenvalue weighted by Crippen LogP contribution is 2.19. The highest BCUT2D eigenvalue weighted by molar-refractivity contribution is 6.05. The molecule has 0 bridgehead atoms. The fraction of sp³-hybridized carbons (Fsp3) is 0.667. The van der Waals surface area contributed by atoms with Crippen LogP contribution in [-0.4, -0.2) is 77.2 Å². The molecule has 0 aromatic carbocycles. The number of piperazine rings is 1. The largest absolute Gasteiger partial charge is 0.352 e. The van der Waals surface area contributed by atoms with Gasteiger partial charge in [-0.15, -0.1) is 0 Å². The number of hydrogen-bond acceptors (Lipinski definition) is 4. The Bertz CT molecular complexity index is 488. The summed E-state index contributed by atoms with van der Waals surface area (Å²) in [5.41, 5.74) is -0.979. The predicted octanol–water partition coefficient (Wildman–Crippen LogP) is -1.38. The minimum Gasteiger partial charge on any atom is -0.352 e. The standard InChI is InChI=1S/C12H18N4O4/c1-12(2)10(19)13-4-5-16(12)9(18)7-15-8(17)6-14(3)11(15)20/h4-7H2,1-3H3,(H,13,19). The topological polar surface area (TPSA) is 90.0 Å². The van der Waals surface area contributed by atoms with Crippen LogP contribution in [-0.2, 0) is 14.4 Å². The first-order valence-corrected chi connectivity index (χ1v) is 6.39. The molecule has 2 aliphatic heterocycles. The molecule has 0 saturated carbocycles. The van der Waals surface area contributed by atoms with Gasteiger partial charge in [-0.05, 0) is 13.8 Å². The first kappa shape index (κ1) is 14.3. The summed E-state index contributed by atoms with van der Waals surface area (Å²) in [7, 11) is 1.50. The molecule has 0 unspecified atom stereocenters. The van der Waals surface area contributed by atoms with E-state index in [0.29, 0.717) is 13.1 Å². The maximum Gasteiger partial charge on any atom is 0.327 e. The fourth-order valence-electron chi connectivity index (χ4n) is 2.38. The van der Waals surface area contributed by atoms with E-state index in [-0.39, 0.29) is 19.0 Å². The van der Waals surface area contributed by atoms with Crippen LogP contribution in [0.2, 0.25) is 0 Å². The smallest absolute Gasteiger partial charge is 0.327 e. The number of likely N-dealkylation sites (N-methyl/N-ethyl adjacent to an activating group) is 1. The monoisotopic (exact) mass is 282 g/mol. The van der Waals surface area contributed by atoms with Gasteiger partial charge in [-0.1, -0.05) is 0 Å². The van der Waals surface area contributed by atoms with Gasteiger partial charge in [-0.25, -0.2) is 4.79 Å². The number of urea groups is 1. The summed E-state index contributed by atoms with van der Waals surface area (Å²) in [6.07, 6.45) is 0. The Labute approximate surface area is 116 Å². The molecule has 2 saturated heterocycles. The number of amides is 5. The average molecular weight is 282 g/mol. The minimum absolute atomic E-state index is 0.0179. The van der Waals surface area contributed by atoms with E-state index >= 15 is 0 Å². The zero-order valence-electron chi connectivity index (χ0n) is 11.8. The van der Waals surface area contributed by atoms with Crippen LogP contribution < -0.4 is 5.32 Å². The molecule has 1 N–H and O–H groups in total. The summed E-state index contributed by atoms with van der Waals surface area (Å²) in [6, 6.07) is -0.484. The van der Waals surface area contributed by atoms with Crippen molar-refractivity contribution in [2.75, 3.05) is 33.2 Å². The number of hydrogen-bond donors (Lipinski definition) is 1. The number of carbonyl (C=O) groups is 4. The molecule has 0 radical (unpaired) electrons. The van der Waals surface area contributed by atoms with Gasteiger partial charge in [-0.3, -0.25) is 19.3 Å². The van der Waals surface area contributed by atoms with E-state index in [1.165, 1.54) is 16.8 Å². The number of imide groups is 1. The van der Waals surface area contributed by atoms with Gasteiger partial charge in [0.2, 0.25) is 11.8 Å². The van der Waals surface area contributed by atoms with Gasteiger partial charge in [-0.2, -0.15) is 0 Å². The van der Waals surface area contributed by atoms with E-state index < -0.39 is 23.4 Å². The summed E-state index contributed by atoms with van der Waals surface area (Å²) in [5, 5.41) is 2.69. The molecular formula is C12H18N4O4. The normalized spacial score (nSPS) is 22.4. The van der Waals surface area contributed by atoms with Crippen molar-refractivity contribution in [3.63, 3.8) is 0 Å². The summed E-state index contributed by atoms with van der Waals surface area (Å²) in [4.78, 5) is 51.1. The zero-order chi connectivity index (χ0) is 15.1. The van der Waals surface area contributed by atoms with Crippen LogP contribution in [0.1, 0.15) is 13.8 Å². The zero-order valence-corrected chi connectivity index (χ0v) is 11.8. The quantitative estimate of drug-likeness (QED) is 0.632. The number of rotatable bonds is 2. The van der Waals surface area contributed by atoms with Gasteiger partial charge in [0.15, 0.2) is 0 Å². The molecule has 8 heteroatoms. The molecule has 0 atom stereocenters. The average Bonchev–Trinajstić information content (AvgIpc) is 2.59. The van der Waals surface area contributed by atoms with E-state index in [9.17, 15) is 19.2 Å². The molecule has 2 aliphatic rings. The minimum atomic E-state index is -0.979. The van der Waals surface area contributed by atoms with Crippen molar-refractivity contribution in [3.8, 4) is 0 Å². The Hall–Kier alpha value is -2.12. The van der Waals surface area contributed by atoms with Gasteiger partial charge in [0, 0.05) is 20.1 Å². The number of carbonyl (C=O) groups excluding carboxylic acids is 4. The van der Waals surface area contributed by atoms with E-state index in [1.807, 2.05) is 0 Å². The second kappa shape index (κ2) is 4.77. The molecule has 2 fully saturated rings. The third-order valence-corrected chi connectivity index (χ3v) is 3.68. The Morgan fingerprint density at radius 2 is 1.95 bits per heavy atom. The van der Waals surface area contributed by atoms with Crippen molar-refractivity contribution < 1.29 is 19.2 Å². The lowest BCUT2D eigenvalue weighted by molar-refractivity contribution is -0.150. The van der Waals surface area contributed by atoms with Crippen molar-refractivity contribution in [1.29, 1.82) is 0 Å². The van der Waals surface area contributed by atoms with Crippen molar-refractivity contribution in [2.24, 2.45) is 0 Å². The summed E-state index contributed by atoms with van der Waals surface area (Å²) < 4.78 is 0. The van der Waals surface area contributed by atoms with Crippen LogP contribution in [0.3, 0.4) is 0 Å². The van der Waals surface area contributed by atoms with E-state index in [1.54, 1.807) is 13.8 Å². The lowest BCUT2D eigenvalue weighted by Crippen LogP contribution is -2.64. The lowest BCUT2D eigenvalue weighted by atomic mass is 9.99. The second-order valence-electron chi connectivity index (χ2n) is 5.48. The first-order chi connectivity index (χ1) is 9.25. The molecule has 2 heterocycles. The Kier molecular flexibility index (Phi) is 3.41. The number of nitrogens with one attached hydrogen (secondary N) is 1. The van der Waals surface area contributed by atoms with Gasteiger partial charge in [0.25, 0.3) is 5.91 Å². The first-order valence-electron chi connectivity index (χ1n) is 6.39. The fourth-order valence-corrected chi connectivity index (χ4v) is 2.38. The second-order valence-corrected chi connectivity index (χ2v) is 5.48. The Balaban J connectivity index is 2.10. The Morgan fingerprint density at radius 1 is 1.30 bits per heavy atom. The van der Waals surface area contributed by atoms with E-state index in [2.05, 4.69) is 5.32 Å². The molecule has 110 valence electrons. The van der Waals surface area contributed by atoms with Crippen LogP contribution >= 0.6 is 0 Å². The molecular weight excluding hydrogens is 264 g/mol. The lowest BCUT2D eigenvalue weighted by Gasteiger charge is -2.41. The molecule has 0 aliphatic carbocycles. The summed E-state index contributed by atoms with van der Waals surface area (Å²) in [6.45, 7) is 3.67. The molecule has 0 aromatic rings. The van der Waals surface area contributed by atoms with E-state index in [4.69, 9.17) is 0 Å². The summed E-state index contributed by atoms with van der Waals surface area (Å²) >= 11 is 0. The van der Waals surface area contributed by atoms with Gasteiger partial charge < -0.3 is 15.1 Å². The molecule has 0 aromatic heterocycles. The van der Waals surface area contributed by atoms with Crippen LogP contribution in [0.4, 0.5) is 4.79 Å². The maximum atomic E-state index is 12.3. The summed E-state index contributed by atoms with van der Waals surface area (Å²) in [5.74, 6) is -1.04. The SMILES string of the molecule is CN1CC(=O)N(CC(=O)N2CCNC(=O)C2(C)C)C1=O. The third-order valence-electron chi connectivity index (χ3n) is 3.68. The van der Waals surface area contributed by atoms with Crippen molar-refractivity contribution in [3.05, 3.63) is 0 Å². The van der Waals surface area contributed by atoms with Crippen molar-refractivity contribution in [2.45, 2.75) is 19.4 Å². The van der Waals surface area contributed by atoms with Gasteiger partial charge >= 0.3 is 6.03 Å². The molecule has 0 spiro atoms. The number of nitrogens with zero attached hydrogens (tertiary/aromatic N) is 3. The van der Waals surface area contributed by atoms with Crippen LogP contribution in [0, 0.1) is 0 Å². The van der Waals surface area contributed by atoms with Gasteiger partial charge in [0.05, 0.1) is 0 Å². The van der Waals surface area contributed by atoms with Crippen LogP contribution in [0.15, 0.2) is 0 Å². The van der Waals surface area contributed by atoms with Crippen molar-refractivity contribution >= 4 is 23.8 Å².